The van der Waals surface area contributed by atoms with Crippen molar-refractivity contribution in [3.63, 3.8) is 0 Å². The molecule has 1 atom stereocenters. The van der Waals surface area contributed by atoms with Crippen LogP contribution in [0.1, 0.15) is 35.3 Å². The average Bonchev–Trinajstić information content (AvgIpc) is 2.78. The Balaban J connectivity index is 1.88. The van der Waals surface area contributed by atoms with E-state index < -0.39 is 5.97 Å². The van der Waals surface area contributed by atoms with Gasteiger partial charge in [-0.1, -0.05) is 0 Å². The molecule has 0 saturated carbocycles. The van der Waals surface area contributed by atoms with Crippen molar-refractivity contribution in [2.24, 2.45) is 0 Å². The molecule has 0 amide bonds. The van der Waals surface area contributed by atoms with E-state index in [0.717, 1.165) is 26.0 Å². The molecule has 0 spiro atoms. The lowest BCUT2D eigenvalue weighted by Crippen LogP contribution is -2.33. The van der Waals surface area contributed by atoms with E-state index in [1.165, 1.54) is 6.42 Å². The highest BCUT2D eigenvalue weighted by atomic mass is 16.5. The Morgan fingerprint density at radius 2 is 2.50 bits per heavy atom. The minimum absolute atomic E-state index is 0.173. The van der Waals surface area contributed by atoms with Crippen molar-refractivity contribution in [1.82, 2.24) is 15.1 Å². The summed E-state index contributed by atoms with van der Waals surface area (Å²) in [4.78, 5) is 13.0. The van der Waals surface area contributed by atoms with Gasteiger partial charge in [0.25, 0.3) is 0 Å². The van der Waals surface area contributed by atoms with Gasteiger partial charge in [0.05, 0.1) is 12.3 Å². The number of nitrogens with zero attached hydrogens (tertiary/aromatic N) is 2. The Kier molecular flexibility index (Phi) is 4.33. The van der Waals surface area contributed by atoms with Gasteiger partial charge >= 0.3 is 5.97 Å². The number of hydrogen-bond acceptors (Lipinski definition) is 4. The molecule has 2 rings (SSSR count). The smallest absolute Gasteiger partial charge is 0.354 e. The molecule has 1 aliphatic heterocycles. The minimum atomic E-state index is -0.968. The van der Waals surface area contributed by atoms with Gasteiger partial charge in [-0.15, -0.1) is 0 Å². The highest BCUT2D eigenvalue weighted by Crippen LogP contribution is 2.15. The van der Waals surface area contributed by atoms with E-state index >= 15 is 0 Å². The van der Waals surface area contributed by atoms with Crippen molar-refractivity contribution in [2.75, 3.05) is 20.2 Å². The molecule has 18 heavy (non-hydrogen) atoms. The van der Waals surface area contributed by atoms with Crippen molar-refractivity contribution in [3.8, 4) is 0 Å². The van der Waals surface area contributed by atoms with Gasteiger partial charge in [-0.05, 0) is 26.3 Å². The van der Waals surface area contributed by atoms with Gasteiger partial charge in [-0.25, -0.2) is 4.79 Å². The maximum atomic E-state index is 10.9. The molecule has 0 aliphatic carbocycles. The van der Waals surface area contributed by atoms with E-state index in [1.807, 2.05) is 7.05 Å². The molecule has 0 bridgehead atoms. The van der Waals surface area contributed by atoms with E-state index in [0.29, 0.717) is 12.1 Å². The Morgan fingerprint density at radius 3 is 3.17 bits per heavy atom. The van der Waals surface area contributed by atoms with Crippen LogP contribution in [-0.4, -0.2) is 52.5 Å². The summed E-state index contributed by atoms with van der Waals surface area (Å²) in [5, 5.41) is 15.3. The van der Waals surface area contributed by atoms with Crippen molar-refractivity contribution >= 4 is 5.97 Å². The van der Waals surface area contributed by atoms with E-state index in [4.69, 9.17) is 9.84 Å². The van der Waals surface area contributed by atoms with Crippen molar-refractivity contribution in [3.05, 3.63) is 17.5 Å². The summed E-state index contributed by atoms with van der Waals surface area (Å²) in [5.41, 5.74) is 0.882. The predicted octanol–water partition coefficient (Wildman–Crippen LogP) is 1.11. The number of rotatable bonds is 5. The molecule has 1 fully saturated rings. The maximum Gasteiger partial charge on any atom is 0.354 e. The monoisotopic (exact) mass is 253 g/mol. The maximum absolute atomic E-state index is 10.9. The summed E-state index contributed by atoms with van der Waals surface area (Å²) in [6.07, 6.45) is 5.28. The summed E-state index contributed by atoms with van der Waals surface area (Å²) in [5.74, 6) is -0.968. The van der Waals surface area contributed by atoms with Gasteiger partial charge in [0, 0.05) is 25.3 Å². The quantitative estimate of drug-likeness (QED) is 0.821. The van der Waals surface area contributed by atoms with E-state index in [1.54, 1.807) is 6.20 Å². The Morgan fingerprint density at radius 1 is 1.67 bits per heavy atom. The lowest BCUT2D eigenvalue weighted by molar-refractivity contribution is -0.00262. The fourth-order valence-electron chi connectivity index (χ4n) is 2.27. The zero-order valence-corrected chi connectivity index (χ0v) is 10.6. The zero-order chi connectivity index (χ0) is 13.0. The second-order valence-electron chi connectivity index (χ2n) is 4.76. The topological polar surface area (TPSA) is 78.5 Å². The third-order valence-electron chi connectivity index (χ3n) is 3.16. The fraction of sp³-hybridized carbons (Fsp3) is 0.667. The van der Waals surface area contributed by atoms with Crippen LogP contribution in [0, 0.1) is 0 Å². The molecule has 6 nitrogen and oxygen atoms in total. The number of H-pyrrole nitrogens is 1. The molecule has 0 aromatic carbocycles. The number of carbonyl (C=O) groups is 1. The zero-order valence-electron chi connectivity index (χ0n) is 10.6. The summed E-state index contributed by atoms with van der Waals surface area (Å²) in [6.45, 7) is 2.23. The normalized spacial score (nSPS) is 20.2. The van der Waals surface area contributed by atoms with Crippen LogP contribution in [0.15, 0.2) is 6.20 Å². The number of nitrogens with one attached hydrogen (secondary N) is 1. The first-order valence-electron chi connectivity index (χ1n) is 6.22. The van der Waals surface area contributed by atoms with Gasteiger partial charge in [0.1, 0.15) is 5.69 Å². The van der Waals surface area contributed by atoms with Crippen LogP contribution in [0.2, 0.25) is 0 Å². The molecule has 1 saturated heterocycles. The third-order valence-corrected chi connectivity index (χ3v) is 3.16. The van der Waals surface area contributed by atoms with Crippen molar-refractivity contribution in [2.45, 2.75) is 31.9 Å². The van der Waals surface area contributed by atoms with Crippen LogP contribution in [0.3, 0.4) is 0 Å². The van der Waals surface area contributed by atoms with Crippen LogP contribution in [0.25, 0.3) is 0 Å². The first kappa shape index (κ1) is 13.0. The number of aromatic amines is 1. The van der Waals surface area contributed by atoms with Gasteiger partial charge in [0.2, 0.25) is 0 Å². The first-order valence-corrected chi connectivity index (χ1v) is 6.22. The number of likely N-dealkylation sites (N-methyl/N-ethyl adjacent to an activating group) is 1. The van der Waals surface area contributed by atoms with Crippen LogP contribution in [-0.2, 0) is 11.3 Å². The molecule has 6 heteroatoms. The molecule has 0 radical (unpaired) electrons. The van der Waals surface area contributed by atoms with Gasteiger partial charge in [0.15, 0.2) is 0 Å². The predicted molar refractivity (Wildman–Crippen MR) is 65.5 cm³/mol. The standard InChI is InChI=1S/C12H19N3O3/c1-15(8-10-4-2-3-5-18-10)7-9-6-13-14-11(9)12(16)17/h6,10H,2-5,7-8H2,1H3,(H,13,14)(H,16,17)/t10-/m1/s1. The molecule has 1 aromatic rings. The highest BCUT2D eigenvalue weighted by molar-refractivity contribution is 5.86. The number of aromatic nitrogens is 2. The van der Waals surface area contributed by atoms with E-state index in [-0.39, 0.29) is 11.8 Å². The Bertz CT molecular complexity index is 399. The molecule has 1 aliphatic rings. The van der Waals surface area contributed by atoms with Gasteiger partial charge in [-0.3, -0.25) is 10.00 Å². The minimum Gasteiger partial charge on any atom is -0.477 e. The SMILES string of the molecule is CN(Cc1cn[nH]c1C(=O)O)C[C@H]1CCCCO1. The number of hydrogen-bond donors (Lipinski definition) is 2. The van der Waals surface area contributed by atoms with Crippen LogP contribution < -0.4 is 0 Å². The molecular weight excluding hydrogens is 234 g/mol. The molecule has 0 unspecified atom stereocenters. The van der Waals surface area contributed by atoms with E-state index in [2.05, 4.69) is 15.1 Å². The number of carboxylic acid groups (broad SMARTS) is 1. The lowest BCUT2D eigenvalue weighted by atomic mass is 10.1. The van der Waals surface area contributed by atoms with Gasteiger partial charge < -0.3 is 9.84 Å². The number of ether oxygens (including phenoxy) is 1. The van der Waals surface area contributed by atoms with Gasteiger partial charge in [-0.2, -0.15) is 5.10 Å². The first-order chi connectivity index (χ1) is 8.66. The lowest BCUT2D eigenvalue weighted by Gasteiger charge is -2.27. The molecule has 2 N–H and O–H groups in total. The van der Waals surface area contributed by atoms with Crippen LogP contribution >= 0.6 is 0 Å². The largest absolute Gasteiger partial charge is 0.477 e. The van der Waals surface area contributed by atoms with Crippen LogP contribution in [0.5, 0.6) is 0 Å². The second-order valence-corrected chi connectivity index (χ2v) is 4.76. The molecule has 1 aromatic heterocycles. The molecular formula is C12H19N3O3. The van der Waals surface area contributed by atoms with Crippen molar-refractivity contribution < 1.29 is 14.6 Å². The number of carboxylic acids is 1. The van der Waals surface area contributed by atoms with Crippen LogP contribution in [0.4, 0.5) is 0 Å². The summed E-state index contributed by atoms with van der Waals surface area (Å²) < 4.78 is 5.66. The average molecular weight is 253 g/mol. The molecule has 100 valence electrons. The summed E-state index contributed by atoms with van der Waals surface area (Å²) in [7, 11) is 1.97. The van der Waals surface area contributed by atoms with Crippen molar-refractivity contribution in [1.29, 1.82) is 0 Å². The highest BCUT2D eigenvalue weighted by Gasteiger charge is 2.18. The Labute approximate surface area is 106 Å². The number of aromatic carboxylic acids is 1. The summed E-state index contributed by atoms with van der Waals surface area (Å²) >= 11 is 0. The van der Waals surface area contributed by atoms with E-state index in [9.17, 15) is 4.79 Å². The molecule has 2 heterocycles. The third kappa shape index (κ3) is 3.30. The second kappa shape index (κ2) is 5.97. The summed E-state index contributed by atoms with van der Waals surface area (Å²) in [6, 6.07) is 0. The fourth-order valence-corrected chi connectivity index (χ4v) is 2.27. The Hall–Kier alpha value is -1.40.